The quantitative estimate of drug-likeness (QED) is 0.560. The maximum atomic E-state index is 12.1. The van der Waals surface area contributed by atoms with Gasteiger partial charge in [-0.05, 0) is 38.5 Å². The first-order valence-corrected chi connectivity index (χ1v) is 6.32. The van der Waals surface area contributed by atoms with Crippen molar-refractivity contribution in [1.82, 2.24) is 0 Å². The summed E-state index contributed by atoms with van der Waals surface area (Å²) in [4.78, 5) is 24.1. The number of carbonyl (C=O) groups excluding carboxylic acids is 2. The van der Waals surface area contributed by atoms with Crippen LogP contribution in [0.2, 0.25) is 0 Å². The highest BCUT2D eigenvalue weighted by atomic mass is 16.6. The molecule has 0 bridgehead atoms. The van der Waals surface area contributed by atoms with Crippen molar-refractivity contribution in [3.8, 4) is 0 Å². The molecular formula is C13H22O4. The van der Waals surface area contributed by atoms with Gasteiger partial charge in [0, 0.05) is 0 Å². The summed E-state index contributed by atoms with van der Waals surface area (Å²) in [6.45, 7) is 8.21. The first-order chi connectivity index (χ1) is 7.97. The molecule has 0 unspecified atom stereocenters. The fraction of sp³-hybridized carbons (Fsp3) is 0.846. The van der Waals surface area contributed by atoms with Crippen LogP contribution in [-0.4, -0.2) is 25.2 Å². The number of esters is 2. The van der Waals surface area contributed by atoms with Crippen LogP contribution in [0.1, 0.15) is 40.5 Å². The molecule has 0 heterocycles. The average Bonchev–Trinajstić information content (AvgIpc) is 2.57. The molecule has 0 aromatic rings. The normalized spacial score (nSPS) is 26.6. The molecule has 1 rings (SSSR count). The van der Waals surface area contributed by atoms with Crippen LogP contribution in [0.3, 0.4) is 0 Å². The Morgan fingerprint density at radius 2 is 1.35 bits per heavy atom. The molecule has 0 aromatic carbocycles. The first-order valence-electron chi connectivity index (χ1n) is 6.32. The minimum atomic E-state index is -1.06. The molecule has 17 heavy (non-hydrogen) atoms. The summed E-state index contributed by atoms with van der Waals surface area (Å²) >= 11 is 0. The van der Waals surface area contributed by atoms with E-state index in [0.29, 0.717) is 37.9 Å². The van der Waals surface area contributed by atoms with Gasteiger partial charge in [-0.2, -0.15) is 0 Å². The molecular weight excluding hydrogens is 220 g/mol. The Morgan fingerprint density at radius 3 is 1.65 bits per heavy atom. The largest absolute Gasteiger partial charge is 0.465 e. The van der Waals surface area contributed by atoms with Gasteiger partial charge in [-0.25, -0.2) is 0 Å². The van der Waals surface area contributed by atoms with E-state index in [-0.39, 0.29) is 0 Å². The summed E-state index contributed by atoms with van der Waals surface area (Å²) < 4.78 is 10.1. The van der Waals surface area contributed by atoms with Gasteiger partial charge in [0.15, 0.2) is 5.41 Å². The Balaban J connectivity index is 2.94. The topological polar surface area (TPSA) is 52.6 Å². The number of hydrogen-bond acceptors (Lipinski definition) is 4. The van der Waals surface area contributed by atoms with Crippen LogP contribution in [0, 0.1) is 17.3 Å². The molecule has 0 N–H and O–H groups in total. The molecule has 0 amide bonds. The van der Waals surface area contributed by atoms with Crippen molar-refractivity contribution in [1.29, 1.82) is 0 Å². The molecule has 0 aromatic heterocycles. The van der Waals surface area contributed by atoms with Gasteiger partial charge < -0.3 is 9.47 Å². The molecule has 1 aliphatic rings. The van der Waals surface area contributed by atoms with E-state index in [1.807, 2.05) is 0 Å². The van der Waals surface area contributed by atoms with Crippen molar-refractivity contribution in [3.05, 3.63) is 0 Å². The van der Waals surface area contributed by atoms with Gasteiger partial charge in [0.25, 0.3) is 0 Å². The summed E-state index contributed by atoms with van der Waals surface area (Å²) in [5, 5.41) is 0. The van der Waals surface area contributed by atoms with Crippen molar-refractivity contribution in [2.45, 2.75) is 40.5 Å². The zero-order valence-corrected chi connectivity index (χ0v) is 11.1. The van der Waals surface area contributed by atoms with Crippen LogP contribution in [0.5, 0.6) is 0 Å². The lowest BCUT2D eigenvalue weighted by atomic mass is 9.85. The van der Waals surface area contributed by atoms with E-state index in [2.05, 4.69) is 13.8 Å². The molecule has 0 saturated heterocycles. The zero-order valence-electron chi connectivity index (χ0n) is 11.1. The molecule has 0 spiro atoms. The van der Waals surface area contributed by atoms with Crippen molar-refractivity contribution < 1.29 is 19.1 Å². The lowest BCUT2D eigenvalue weighted by molar-refractivity contribution is -0.172. The molecule has 1 aliphatic carbocycles. The van der Waals surface area contributed by atoms with E-state index in [0.717, 1.165) is 0 Å². The zero-order chi connectivity index (χ0) is 13.1. The van der Waals surface area contributed by atoms with Crippen LogP contribution >= 0.6 is 0 Å². The Labute approximate surface area is 103 Å². The predicted molar refractivity (Wildman–Crippen MR) is 63.3 cm³/mol. The molecule has 1 saturated carbocycles. The second-order valence-corrected chi connectivity index (χ2v) is 4.89. The molecule has 1 fully saturated rings. The monoisotopic (exact) mass is 242 g/mol. The number of carbonyl (C=O) groups is 2. The second kappa shape index (κ2) is 5.52. The smallest absolute Gasteiger partial charge is 0.323 e. The minimum Gasteiger partial charge on any atom is -0.465 e. The Morgan fingerprint density at radius 1 is 1.00 bits per heavy atom. The highest BCUT2D eigenvalue weighted by molar-refractivity contribution is 6.00. The van der Waals surface area contributed by atoms with Gasteiger partial charge in [0.1, 0.15) is 0 Å². The summed E-state index contributed by atoms with van der Waals surface area (Å²) in [6, 6.07) is 0. The number of rotatable bonds is 4. The van der Waals surface area contributed by atoms with Crippen molar-refractivity contribution in [3.63, 3.8) is 0 Å². The van der Waals surface area contributed by atoms with Gasteiger partial charge in [-0.15, -0.1) is 0 Å². The van der Waals surface area contributed by atoms with Crippen LogP contribution in [0.25, 0.3) is 0 Å². The van der Waals surface area contributed by atoms with Crippen molar-refractivity contribution in [2.75, 3.05) is 13.2 Å². The summed E-state index contributed by atoms with van der Waals surface area (Å²) in [6.07, 6.45) is 1.07. The standard InChI is InChI=1S/C13H22O4/c1-5-16-11(14)13(12(15)17-6-2)7-9(3)10(4)8-13/h9-10H,5-8H2,1-4H3/t9-,10+. The summed E-state index contributed by atoms with van der Waals surface area (Å²) in [5.41, 5.74) is -1.06. The first kappa shape index (κ1) is 14.0. The van der Waals surface area contributed by atoms with Crippen molar-refractivity contribution >= 4 is 11.9 Å². The third-order valence-electron chi connectivity index (χ3n) is 3.64. The highest BCUT2D eigenvalue weighted by Gasteiger charge is 2.55. The van der Waals surface area contributed by atoms with E-state index in [1.165, 1.54) is 0 Å². The van der Waals surface area contributed by atoms with Gasteiger partial charge in [-0.1, -0.05) is 13.8 Å². The molecule has 0 aliphatic heterocycles. The SMILES string of the molecule is CCOC(=O)C1(C(=O)OCC)C[C@@H](C)[C@@H](C)C1. The van der Waals surface area contributed by atoms with Crippen LogP contribution in [0.4, 0.5) is 0 Å². The molecule has 98 valence electrons. The minimum absolute atomic E-state index is 0.294. The van der Waals surface area contributed by atoms with E-state index < -0.39 is 17.4 Å². The molecule has 0 radical (unpaired) electrons. The highest BCUT2D eigenvalue weighted by Crippen LogP contribution is 2.47. The third kappa shape index (κ3) is 2.61. The lowest BCUT2D eigenvalue weighted by Crippen LogP contribution is -2.40. The second-order valence-electron chi connectivity index (χ2n) is 4.89. The van der Waals surface area contributed by atoms with Crippen molar-refractivity contribution in [2.24, 2.45) is 17.3 Å². The maximum Gasteiger partial charge on any atom is 0.323 e. The average molecular weight is 242 g/mol. The maximum absolute atomic E-state index is 12.1. The van der Waals surface area contributed by atoms with Gasteiger partial charge in [0.2, 0.25) is 0 Å². The molecule has 2 atom stereocenters. The van der Waals surface area contributed by atoms with E-state index in [9.17, 15) is 9.59 Å². The summed E-state index contributed by atoms with van der Waals surface area (Å²) in [7, 11) is 0. The van der Waals surface area contributed by atoms with Crippen LogP contribution in [-0.2, 0) is 19.1 Å². The Bertz CT molecular complexity index is 268. The van der Waals surface area contributed by atoms with Crippen LogP contribution < -0.4 is 0 Å². The fourth-order valence-electron chi connectivity index (χ4n) is 2.54. The summed E-state index contributed by atoms with van der Waals surface area (Å²) in [5.74, 6) is -0.170. The van der Waals surface area contributed by atoms with Gasteiger partial charge in [0.05, 0.1) is 13.2 Å². The van der Waals surface area contributed by atoms with Crippen LogP contribution in [0.15, 0.2) is 0 Å². The Hall–Kier alpha value is -1.06. The number of hydrogen-bond donors (Lipinski definition) is 0. The predicted octanol–water partition coefficient (Wildman–Crippen LogP) is 2.17. The van der Waals surface area contributed by atoms with E-state index in [1.54, 1.807) is 13.8 Å². The van der Waals surface area contributed by atoms with Gasteiger partial charge in [-0.3, -0.25) is 9.59 Å². The lowest BCUT2D eigenvalue weighted by Gasteiger charge is -2.24. The Kier molecular flexibility index (Phi) is 4.54. The van der Waals surface area contributed by atoms with E-state index >= 15 is 0 Å². The fourth-order valence-corrected chi connectivity index (χ4v) is 2.54. The number of ether oxygens (including phenoxy) is 2. The third-order valence-corrected chi connectivity index (χ3v) is 3.64. The molecule has 4 heteroatoms. The van der Waals surface area contributed by atoms with E-state index in [4.69, 9.17) is 9.47 Å². The molecule has 4 nitrogen and oxygen atoms in total. The van der Waals surface area contributed by atoms with Gasteiger partial charge >= 0.3 is 11.9 Å².